The van der Waals surface area contributed by atoms with Gasteiger partial charge in [-0.1, -0.05) is 0 Å². The quantitative estimate of drug-likeness (QED) is 0.919. The van der Waals surface area contributed by atoms with Gasteiger partial charge in [-0.2, -0.15) is 10.4 Å². The zero-order valence-electron chi connectivity index (χ0n) is 13.8. The monoisotopic (exact) mass is 311 g/mol. The Bertz CT molecular complexity index is 759. The summed E-state index contributed by atoms with van der Waals surface area (Å²) in [6.07, 6.45) is 2.27. The topological polar surface area (TPSA) is 71.1 Å². The summed E-state index contributed by atoms with van der Waals surface area (Å²) in [6, 6.07) is 6.01. The Morgan fingerprint density at radius 1 is 1.30 bits per heavy atom. The molecule has 1 aromatic carbocycles. The first-order valence-electron chi connectivity index (χ1n) is 7.92. The molecule has 1 saturated carbocycles. The van der Waals surface area contributed by atoms with Crippen LogP contribution in [0.5, 0.6) is 11.5 Å². The maximum Gasteiger partial charge on any atom is 0.171 e. The molecule has 0 unspecified atom stereocenters. The number of aliphatic hydroxyl groups is 1. The van der Waals surface area contributed by atoms with E-state index in [1.54, 1.807) is 0 Å². The van der Waals surface area contributed by atoms with Crippen LogP contribution in [0.3, 0.4) is 0 Å². The standard InChI is InChI=1S/C18H21N3O2/c1-11-8-15(9-12(2)16(11)10-19)23-18-13(3)21(6-7-22)20-17(18)14-4-5-14/h8-9,14,22H,4-7H2,1-3H3. The van der Waals surface area contributed by atoms with E-state index in [9.17, 15) is 10.4 Å². The molecule has 1 heterocycles. The van der Waals surface area contributed by atoms with Crippen molar-refractivity contribution >= 4 is 0 Å². The molecule has 1 aliphatic carbocycles. The Labute approximate surface area is 136 Å². The van der Waals surface area contributed by atoms with Crippen LogP contribution in [0.1, 0.15) is 46.8 Å². The SMILES string of the molecule is Cc1cc(Oc2c(C3CC3)nn(CCO)c2C)cc(C)c1C#N. The summed E-state index contributed by atoms with van der Waals surface area (Å²) in [7, 11) is 0. The fourth-order valence-corrected chi connectivity index (χ4v) is 2.89. The number of hydrogen-bond donors (Lipinski definition) is 1. The Hall–Kier alpha value is -2.32. The molecular formula is C18H21N3O2. The van der Waals surface area contributed by atoms with Crippen molar-refractivity contribution in [1.82, 2.24) is 9.78 Å². The molecule has 1 aromatic heterocycles. The molecule has 0 saturated heterocycles. The second-order valence-electron chi connectivity index (χ2n) is 6.17. The summed E-state index contributed by atoms with van der Waals surface area (Å²) >= 11 is 0. The van der Waals surface area contributed by atoms with Crippen LogP contribution < -0.4 is 4.74 Å². The van der Waals surface area contributed by atoms with Gasteiger partial charge in [-0.25, -0.2) is 0 Å². The van der Waals surface area contributed by atoms with Crippen LogP contribution in [-0.2, 0) is 6.54 Å². The number of nitrogens with zero attached hydrogens (tertiary/aromatic N) is 3. The van der Waals surface area contributed by atoms with Gasteiger partial charge in [0.05, 0.1) is 30.5 Å². The van der Waals surface area contributed by atoms with Crippen molar-refractivity contribution in [2.75, 3.05) is 6.61 Å². The molecule has 1 fully saturated rings. The Morgan fingerprint density at radius 2 is 1.96 bits per heavy atom. The van der Waals surface area contributed by atoms with Crippen LogP contribution >= 0.6 is 0 Å². The number of nitriles is 1. The highest BCUT2D eigenvalue weighted by Crippen LogP contribution is 2.46. The maximum atomic E-state index is 9.19. The van der Waals surface area contributed by atoms with Crippen molar-refractivity contribution < 1.29 is 9.84 Å². The van der Waals surface area contributed by atoms with E-state index in [-0.39, 0.29) is 6.61 Å². The molecule has 5 heteroatoms. The first kappa shape index (κ1) is 15.6. The van der Waals surface area contributed by atoms with Crippen LogP contribution in [0, 0.1) is 32.1 Å². The minimum atomic E-state index is 0.0567. The molecule has 2 aromatic rings. The zero-order chi connectivity index (χ0) is 16.6. The second-order valence-corrected chi connectivity index (χ2v) is 6.17. The lowest BCUT2D eigenvalue weighted by atomic mass is 10.0. The number of rotatable bonds is 5. The Balaban J connectivity index is 1.98. The van der Waals surface area contributed by atoms with Gasteiger partial charge in [0.2, 0.25) is 0 Å². The molecule has 0 aliphatic heterocycles. The number of benzene rings is 1. The third-order valence-corrected chi connectivity index (χ3v) is 4.29. The molecule has 1 aliphatic rings. The summed E-state index contributed by atoms with van der Waals surface area (Å²) in [5.41, 5.74) is 4.44. The summed E-state index contributed by atoms with van der Waals surface area (Å²) in [5.74, 6) is 1.99. The van der Waals surface area contributed by atoms with Crippen LogP contribution in [0.4, 0.5) is 0 Å². The molecule has 0 bridgehead atoms. The molecule has 5 nitrogen and oxygen atoms in total. The second kappa shape index (κ2) is 6.05. The first-order valence-corrected chi connectivity index (χ1v) is 7.92. The largest absolute Gasteiger partial charge is 0.453 e. The lowest BCUT2D eigenvalue weighted by Crippen LogP contribution is -2.06. The van der Waals surface area contributed by atoms with Gasteiger partial charge in [0.25, 0.3) is 0 Å². The van der Waals surface area contributed by atoms with Gasteiger partial charge in [-0.05, 0) is 56.9 Å². The number of hydrogen-bond acceptors (Lipinski definition) is 4. The average molecular weight is 311 g/mol. The Kier molecular flexibility index (Phi) is 4.10. The van der Waals surface area contributed by atoms with E-state index in [1.165, 1.54) is 0 Å². The number of ether oxygens (including phenoxy) is 1. The lowest BCUT2D eigenvalue weighted by molar-refractivity contribution is 0.267. The van der Waals surface area contributed by atoms with E-state index in [4.69, 9.17) is 4.74 Å². The van der Waals surface area contributed by atoms with Gasteiger partial charge in [0.1, 0.15) is 11.4 Å². The predicted octanol–water partition coefficient (Wildman–Crippen LogP) is 3.34. The van der Waals surface area contributed by atoms with Crippen LogP contribution in [0.2, 0.25) is 0 Å². The summed E-state index contributed by atoms with van der Waals surface area (Å²) < 4.78 is 7.97. The minimum Gasteiger partial charge on any atom is -0.453 e. The normalized spacial score (nSPS) is 13.9. The minimum absolute atomic E-state index is 0.0567. The van der Waals surface area contributed by atoms with E-state index < -0.39 is 0 Å². The van der Waals surface area contributed by atoms with Crippen LogP contribution in [-0.4, -0.2) is 21.5 Å². The predicted molar refractivity (Wildman–Crippen MR) is 86.7 cm³/mol. The van der Waals surface area contributed by atoms with Crippen molar-refractivity contribution in [2.24, 2.45) is 0 Å². The first-order chi connectivity index (χ1) is 11.0. The highest BCUT2D eigenvalue weighted by Gasteiger charge is 2.32. The highest BCUT2D eigenvalue weighted by atomic mass is 16.5. The van der Waals surface area contributed by atoms with Gasteiger partial charge in [-0.15, -0.1) is 0 Å². The number of aryl methyl sites for hydroxylation is 2. The summed E-state index contributed by atoms with van der Waals surface area (Å²) in [4.78, 5) is 0. The average Bonchev–Trinajstić information content (AvgIpc) is 3.29. The van der Waals surface area contributed by atoms with Crippen molar-refractivity contribution in [2.45, 2.75) is 46.1 Å². The summed E-state index contributed by atoms with van der Waals surface area (Å²) in [5, 5.41) is 23.0. The zero-order valence-corrected chi connectivity index (χ0v) is 13.8. The molecule has 3 rings (SSSR count). The van der Waals surface area contributed by atoms with Crippen molar-refractivity contribution in [3.05, 3.63) is 40.2 Å². The van der Waals surface area contributed by atoms with E-state index in [2.05, 4.69) is 11.2 Å². The molecule has 0 atom stereocenters. The van der Waals surface area contributed by atoms with Crippen molar-refractivity contribution in [1.29, 1.82) is 5.26 Å². The number of aromatic nitrogens is 2. The van der Waals surface area contributed by atoms with Crippen LogP contribution in [0.15, 0.2) is 12.1 Å². The highest BCUT2D eigenvalue weighted by molar-refractivity contribution is 5.50. The molecule has 0 spiro atoms. The van der Waals surface area contributed by atoms with Crippen LogP contribution in [0.25, 0.3) is 0 Å². The van der Waals surface area contributed by atoms with E-state index >= 15 is 0 Å². The van der Waals surface area contributed by atoms with E-state index in [0.29, 0.717) is 18.0 Å². The van der Waals surface area contributed by atoms with E-state index in [1.807, 2.05) is 37.6 Å². The lowest BCUT2D eigenvalue weighted by Gasteiger charge is -2.10. The third kappa shape index (κ3) is 2.95. The van der Waals surface area contributed by atoms with Gasteiger partial charge >= 0.3 is 0 Å². The Morgan fingerprint density at radius 3 is 2.48 bits per heavy atom. The van der Waals surface area contributed by atoms with Crippen molar-refractivity contribution in [3.63, 3.8) is 0 Å². The van der Waals surface area contributed by atoms with Gasteiger partial charge in [0.15, 0.2) is 5.75 Å². The number of aliphatic hydroxyl groups excluding tert-OH is 1. The summed E-state index contributed by atoms with van der Waals surface area (Å²) in [6.45, 7) is 6.33. The smallest absolute Gasteiger partial charge is 0.171 e. The third-order valence-electron chi connectivity index (χ3n) is 4.29. The molecule has 1 N–H and O–H groups in total. The maximum absolute atomic E-state index is 9.19. The van der Waals surface area contributed by atoms with Gasteiger partial charge < -0.3 is 9.84 Å². The molecule has 120 valence electrons. The molecule has 23 heavy (non-hydrogen) atoms. The van der Waals surface area contributed by atoms with E-state index in [0.717, 1.165) is 46.9 Å². The fraction of sp³-hybridized carbons (Fsp3) is 0.444. The molecule has 0 radical (unpaired) electrons. The molecule has 0 amide bonds. The van der Waals surface area contributed by atoms with Gasteiger partial charge in [-0.3, -0.25) is 4.68 Å². The molecular weight excluding hydrogens is 290 g/mol. The van der Waals surface area contributed by atoms with Crippen molar-refractivity contribution in [3.8, 4) is 17.6 Å². The van der Waals surface area contributed by atoms with Gasteiger partial charge in [0, 0.05) is 5.92 Å². The fourth-order valence-electron chi connectivity index (χ4n) is 2.89.